The van der Waals surface area contributed by atoms with Crippen molar-refractivity contribution >= 4 is 27.8 Å². The van der Waals surface area contributed by atoms with Gasteiger partial charge in [-0.2, -0.15) is 10.1 Å². The molecule has 2 aromatic rings. The van der Waals surface area contributed by atoms with Crippen LogP contribution in [0.25, 0.3) is 11.0 Å². The van der Waals surface area contributed by atoms with Gasteiger partial charge >= 0.3 is 0 Å². The number of nitrogens with zero attached hydrogens (tertiary/aromatic N) is 4. The van der Waals surface area contributed by atoms with Crippen molar-refractivity contribution in [2.45, 2.75) is 44.9 Å². The van der Waals surface area contributed by atoms with Crippen LogP contribution in [-0.2, 0) is 16.3 Å². The number of nitrogens with one attached hydrogen (secondary N) is 1. The molecule has 3 rings (SSSR count). The van der Waals surface area contributed by atoms with E-state index in [-0.39, 0.29) is 15.8 Å². The summed E-state index contributed by atoms with van der Waals surface area (Å²) in [5, 5.41) is 4.81. The number of anilines is 1. The molecule has 1 N–H and O–H groups in total. The Labute approximate surface area is 137 Å². The number of aromatic nitrogens is 4. The highest BCUT2D eigenvalue weighted by Gasteiger charge is 2.34. The van der Waals surface area contributed by atoms with Crippen molar-refractivity contribution < 1.29 is 4.21 Å². The minimum Gasteiger partial charge on any atom is -0.340 e. The van der Waals surface area contributed by atoms with Crippen molar-refractivity contribution in [1.29, 1.82) is 0 Å². The molecular formula is C15H23N5O2S. The monoisotopic (exact) mass is 337 g/mol. The van der Waals surface area contributed by atoms with Crippen molar-refractivity contribution in [1.82, 2.24) is 19.7 Å². The molecule has 1 aliphatic heterocycles. The zero-order valence-corrected chi connectivity index (χ0v) is 15.0. The molecule has 23 heavy (non-hydrogen) atoms. The third-order valence-corrected chi connectivity index (χ3v) is 6.01. The van der Waals surface area contributed by atoms with E-state index in [0.717, 1.165) is 0 Å². The lowest BCUT2D eigenvalue weighted by Crippen LogP contribution is -2.51. The third-order valence-electron chi connectivity index (χ3n) is 4.10. The van der Waals surface area contributed by atoms with Gasteiger partial charge in [0, 0.05) is 29.6 Å². The van der Waals surface area contributed by atoms with Gasteiger partial charge in [-0.25, -0.2) is 4.68 Å². The van der Waals surface area contributed by atoms with E-state index in [2.05, 4.69) is 15.1 Å². The fraction of sp³-hybridized carbons (Fsp3) is 0.667. The number of aromatic amines is 1. The molecule has 1 saturated heterocycles. The Balaban J connectivity index is 2.09. The van der Waals surface area contributed by atoms with Gasteiger partial charge in [-0.3, -0.25) is 14.0 Å². The van der Waals surface area contributed by atoms with E-state index >= 15 is 0 Å². The van der Waals surface area contributed by atoms with Crippen LogP contribution in [-0.4, -0.2) is 47.5 Å². The van der Waals surface area contributed by atoms with Crippen molar-refractivity contribution in [2.24, 2.45) is 0 Å². The number of rotatable bonds is 1. The maximum Gasteiger partial charge on any atom is 0.263 e. The second-order valence-electron chi connectivity index (χ2n) is 7.58. The standard InChI is InChI=1S/C15H23N5O2S/c1-14(2,3)20-11-10(8-16-20)12(21)18-13(17-11)19-6-7-23(22)15(4,5)9-19/h8H,6-7,9H2,1-5H3,(H,17,18,21)/t23-/m1/s1. The first-order valence-electron chi connectivity index (χ1n) is 7.71. The van der Waals surface area contributed by atoms with E-state index in [9.17, 15) is 9.00 Å². The van der Waals surface area contributed by atoms with Crippen LogP contribution in [0.1, 0.15) is 34.6 Å². The Bertz CT molecular complexity index is 830. The van der Waals surface area contributed by atoms with Crippen molar-refractivity contribution in [3.8, 4) is 0 Å². The van der Waals surface area contributed by atoms with E-state index in [1.807, 2.05) is 39.5 Å². The topological polar surface area (TPSA) is 83.9 Å². The summed E-state index contributed by atoms with van der Waals surface area (Å²) in [6.45, 7) is 11.2. The van der Waals surface area contributed by atoms with Gasteiger partial charge in [0.1, 0.15) is 5.39 Å². The molecule has 126 valence electrons. The Kier molecular flexibility index (Phi) is 3.62. The largest absolute Gasteiger partial charge is 0.340 e. The molecule has 0 spiro atoms. The average Bonchev–Trinajstić information content (AvgIpc) is 2.86. The molecule has 1 aliphatic rings. The predicted octanol–water partition coefficient (Wildman–Crippen LogP) is 1.22. The second-order valence-corrected chi connectivity index (χ2v) is 9.79. The fourth-order valence-corrected chi connectivity index (χ4v) is 4.05. The molecule has 2 aromatic heterocycles. The fourth-order valence-electron chi connectivity index (χ4n) is 2.81. The molecule has 0 saturated carbocycles. The van der Waals surface area contributed by atoms with Gasteiger partial charge in [-0.05, 0) is 34.6 Å². The van der Waals surface area contributed by atoms with Gasteiger partial charge in [-0.1, -0.05) is 0 Å². The van der Waals surface area contributed by atoms with Crippen LogP contribution >= 0.6 is 0 Å². The molecular weight excluding hydrogens is 314 g/mol. The summed E-state index contributed by atoms with van der Waals surface area (Å²) >= 11 is 0. The molecule has 3 heterocycles. The Hall–Kier alpha value is -1.70. The molecule has 8 heteroatoms. The highest BCUT2D eigenvalue weighted by Crippen LogP contribution is 2.24. The Morgan fingerprint density at radius 2 is 2.04 bits per heavy atom. The number of fused-ring (bicyclic) bond motifs is 1. The SMILES string of the molecule is CC(C)(C)n1ncc2c(=O)[nH]c(N3CC[S@@](=O)C(C)(C)C3)nc21. The summed E-state index contributed by atoms with van der Waals surface area (Å²) < 4.78 is 13.5. The first kappa shape index (κ1) is 16.2. The van der Waals surface area contributed by atoms with Gasteiger partial charge in [-0.15, -0.1) is 0 Å². The quantitative estimate of drug-likeness (QED) is 0.846. The van der Waals surface area contributed by atoms with Crippen LogP contribution in [0, 0.1) is 0 Å². The second kappa shape index (κ2) is 5.15. The highest BCUT2D eigenvalue weighted by molar-refractivity contribution is 7.86. The predicted molar refractivity (Wildman–Crippen MR) is 92.4 cm³/mol. The highest BCUT2D eigenvalue weighted by atomic mass is 32.2. The van der Waals surface area contributed by atoms with Crippen LogP contribution in [0.5, 0.6) is 0 Å². The van der Waals surface area contributed by atoms with Crippen LogP contribution in [0.3, 0.4) is 0 Å². The molecule has 0 bridgehead atoms. The van der Waals surface area contributed by atoms with E-state index in [4.69, 9.17) is 0 Å². The maximum atomic E-state index is 12.4. The van der Waals surface area contributed by atoms with E-state index in [1.54, 1.807) is 10.9 Å². The van der Waals surface area contributed by atoms with Crippen molar-refractivity contribution in [3.05, 3.63) is 16.6 Å². The van der Waals surface area contributed by atoms with Crippen LogP contribution in [0.4, 0.5) is 5.95 Å². The first-order valence-corrected chi connectivity index (χ1v) is 9.03. The number of H-pyrrole nitrogens is 1. The van der Waals surface area contributed by atoms with Gasteiger partial charge in [0.25, 0.3) is 5.56 Å². The minimum absolute atomic E-state index is 0.190. The summed E-state index contributed by atoms with van der Waals surface area (Å²) in [5.74, 6) is 1.10. The Morgan fingerprint density at radius 1 is 1.35 bits per heavy atom. The average molecular weight is 337 g/mol. The zero-order valence-electron chi connectivity index (χ0n) is 14.2. The number of hydrogen-bond acceptors (Lipinski definition) is 5. The smallest absolute Gasteiger partial charge is 0.263 e. The minimum atomic E-state index is -0.867. The zero-order chi connectivity index (χ0) is 17.0. The number of hydrogen-bond donors (Lipinski definition) is 1. The summed E-state index contributed by atoms with van der Waals surface area (Å²) in [7, 11) is -0.867. The lowest BCUT2D eigenvalue weighted by Gasteiger charge is -2.37. The molecule has 0 unspecified atom stereocenters. The molecule has 1 fully saturated rings. The molecule has 0 aliphatic carbocycles. The van der Waals surface area contributed by atoms with E-state index in [1.165, 1.54) is 0 Å². The van der Waals surface area contributed by atoms with Gasteiger partial charge < -0.3 is 4.90 Å². The summed E-state index contributed by atoms with van der Waals surface area (Å²) in [6, 6.07) is 0. The molecule has 0 aromatic carbocycles. The summed E-state index contributed by atoms with van der Waals surface area (Å²) in [4.78, 5) is 21.9. The van der Waals surface area contributed by atoms with Gasteiger partial charge in [0.05, 0.1) is 16.5 Å². The summed E-state index contributed by atoms with van der Waals surface area (Å²) in [5.41, 5.74) is 0.133. The van der Waals surface area contributed by atoms with Crippen LogP contribution in [0.2, 0.25) is 0 Å². The molecule has 0 radical (unpaired) electrons. The molecule has 1 atom stereocenters. The van der Waals surface area contributed by atoms with Crippen LogP contribution in [0.15, 0.2) is 11.0 Å². The molecule has 7 nitrogen and oxygen atoms in total. The molecule has 0 amide bonds. The van der Waals surface area contributed by atoms with Crippen LogP contribution < -0.4 is 10.5 Å². The lowest BCUT2D eigenvalue weighted by molar-refractivity contribution is 0.366. The normalized spacial score (nSPS) is 21.8. The third kappa shape index (κ3) is 2.80. The van der Waals surface area contributed by atoms with Gasteiger partial charge in [0.15, 0.2) is 5.65 Å². The Morgan fingerprint density at radius 3 is 2.65 bits per heavy atom. The van der Waals surface area contributed by atoms with Crippen molar-refractivity contribution in [2.75, 3.05) is 23.7 Å². The first-order chi connectivity index (χ1) is 10.6. The van der Waals surface area contributed by atoms with E-state index < -0.39 is 10.8 Å². The lowest BCUT2D eigenvalue weighted by atomic mass is 10.1. The van der Waals surface area contributed by atoms with Crippen molar-refractivity contribution in [3.63, 3.8) is 0 Å². The van der Waals surface area contributed by atoms with E-state index in [0.29, 0.717) is 35.8 Å². The van der Waals surface area contributed by atoms with Gasteiger partial charge in [0.2, 0.25) is 5.95 Å². The summed E-state index contributed by atoms with van der Waals surface area (Å²) in [6.07, 6.45) is 1.56. The maximum absolute atomic E-state index is 12.4.